The lowest BCUT2D eigenvalue weighted by atomic mass is 10.1. The van der Waals surface area contributed by atoms with Gasteiger partial charge in [-0.3, -0.25) is 9.79 Å². The Kier molecular flexibility index (Phi) is 6.39. The minimum absolute atomic E-state index is 0.0850. The summed E-state index contributed by atoms with van der Waals surface area (Å²) in [5.41, 5.74) is 3.72. The van der Waals surface area contributed by atoms with Crippen LogP contribution >= 0.6 is 0 Å². The molecular weight excluding hydrogens is 323 g/mol. The first kappa shape index (κ1) is 19.5. The molecule has 24 heavy (non-hydrogen) atoms. The third-order valence-corrected chi connectivity index (χ3v) is 2.99. The SMILES string of the molecule is CN=CC(C(=O)Nc1cccc(OC(C)C)c1C)=C(N)C(F)(F)F. The number of nitrogens with zero attached hydrogens (tertiary/aromatic N) is 1. The third kappa shape index (κ3) is 5.00. The van der Waals surface area contributed by atoms with Crippen LogP contribution in [-0.4, -0.2) is 31.4 Å². The number of ether oxygens (including phenoxy) is 1. The van der Waals surface area contributed by atoms with Gasteiger partial charge in [-0.25, -0.2) is 0 Å². The summed E-state index contributed by atoms with van der Waals surface area (Å²) >= 11 is 0. The van der Waals surface area contributed by atoms with Gasteiger partial charge in [0.15, 0.2) is 0 Å². The Morgan fingerprint density at radius 1 is 1.38 bits per heavy atom. The van der Waals surface area contributed by atoms with Crippen molar-refractivity contribution in [2.75, 3.05) is 12.4 Å². The molecular formula is C16H20F3N3O2. The summed E-state index contributed by atoms with van der Waals surface area (Å²) in [4.78, 5) is 15.7. The van der Waals surface area contributed by atoms with E-state index in [0.717, 1.165) is 6.21 Å². The number of nitrogens with one attached hydrogen (secondary N) is 1. The number of amides is 1. The van der Waals surface area contributed by atoms with Crippen molar-refractivity contribution in [1.82, 2.24) is 0 Å². The van der Waals surface area contributed by atoms with Gasteiger partial charge < -0.3 is 15.8 Å². The zero-order valence-electron chi connectivity index (χ0n) is 13.9. The van der Waals surface area contributed by atoms with Gasteiger partial charge in [0.25, 0.3) is 5.91 Å². The number of halogens is 3. The Morgan fingerprint density at radius 3 is 2.50 bits per heavy atom. The number of carbonyl (C=O) groups is 1. The number of allylic oxidation sites excluding steroid dienone is 1. The monoisotopic (exact) mass is 343 g/mol. The highest BCUT2D eigenvalue weighted by molar-refractivity contribution is 6.18. The molecule has 0 aliphatic carbocycles. The molecule has 0 atom stereocenters. The number of carbonyl (C=O) groups excluding carboxylic acids is 1. The lowest BCUT2D eigenvalue weighted by Gasteiger charge is -2.16. The predicted molar refractivity (Wildman–Crippen MR) is 87.3 cm³/mol. The van der Waals surface area contributed by atoms with Crippen LogP contribution < -0.4 is 15.8 Å². The first-order valence-electron chi connectivity index (χ1n) is 7.14. The second-order valence-electron chi connectivity index (χ2n) is 5.26. The molecule has 3 N–H and O–H groups in total. The van der Waals surface area contributed by atoms with E-state index in [1.807, 2.05) is 13.8 Å². The van der Waals surface area contributed by atoms with Crippen LogP contribution in [0.4, 0.5) is 18.9 Å². The highest BCUT2D eigenvalue weighted by atomic mass is 19.4. The van der Waals surface area contributed by atoms with E-state index in [-0.39, 0.29) is 6.10 Å². The van der Waals surface area contributed by atoms with E-state index in [1.54, 1.807) is 25.1 Å². The van der Waals surface area contributed by atoms with Gasteiger partial charge in [-0.2, -0.15) is 13.2 Å². The van der Waals surface area contributed by atoms with Crippen molar-refractivity contribution in [3.63, 3.8) is 0 Å². The highest BCUT2D eigenvalue weighted by Gasteiger charge is 2.35. The van der Waals surface area contributed by atoms with E-state index < -0.39 is 23.4 Å². The zero-order chi connectivity index (χ0) is 18.5. The number of rotatable bonds is 5. The molecule has 1 aromatic rings. The maximum absolute atomic E-state index is 12.8. The number of anilines is 1. The van der Waals surface area contributed by atoms with Gasteiger partial charge in [-0.15, -0.1) is 0 Å². The third-order valence-electron chi connectivity index (χ3n) is 2.99. The summed E-state index contributed by atoms with van der Waals surface area (Å²) in [6.45, 7) is 5.37. The molecule has 0 aliphatic rings. The minimum atomic E-state index is -4.83. The average Bonchev–Trinajstić information content (AvgIpc) is 2.46. The maximum atomic E-state index is 12.8. The molecule has 132 valence electrons. The van der Waals surface area contributed by atoms with E-state index in [2.05, 4.69) is 10.3 Å². The fourth-order valence-corrected chi connectivity index (χ4v) is 1.85. The van der Waals surface area contributed by atoms with Crippen molar-refractivity contribution in [3.05, 3.63) is 35.0 Å². The number of hydrogen-bond acceptors (Lipinski definition) is 4. The highest BCUT2D eigenvalue weighted by Crippen LogP contribution is 2.28. The van der Waals surface area contributed by atoms with Crippen molar-refractivity contribution in [2.24, 2.45) is 10.7 Å². The number of nitrogens with two attached hydrogens (primary N) is 1. The van der Waals surface area contributed by atoms with Crippen LogP contribution in [-0.2, 0) is 4.79 Å². The molecule has 0 unspecified atom stereocenters. The molecule has 8 heteroatoms. The second-order valence-corrected chi connectivity index (χ2v) is 5.26. The Morgan fingerprint density at radius 2 is 2.00 bits per heavy atom. The molecule has 0 bridgehead atoms. The van der Waals surface area contributed by atoms with Crippen LogP contribution in [0, 0.1) is 6.92 Å². The smallest absolute Gasteiger partial charge is 0.431 e. The largest absolute Gasteiger partial charge is 0.491 e. The minimum Gasteiger partial charge on any atom is -0.491 e. The summed E-state index contributed by atoms with van der Waals surface area (Å²) in [7, 11) is 1.25. The predicted octanol–water partition coefficient (Wildman–Crippen LogP) is 3.20. The first-order chi connectivity index (χ1) is 11.1. The van der Waals surface area contributed by atoms with Gasteiger partial charge in [-0.05, 0) is 32.9 Å². The summed E-state index contributed by atoms with van der Waals surface area (Å²) in [6.07, 6.45) is -4.13. The topological polar surface area (TPSA) is 76.7 Å². The molecule has 1 amide bonds. The molecule has 5 nitrogen and oxygen atoms in total. The van der Waals surface area contributed by atoms with Gasteiger partial charge in [0.05, 0.1) is 11.7 Å². The summed E-state index contributed by atoms with van der Waals surface area (Å²) in [5.74, 6) is -0.471. The van der Waals surface area contributed by atoms with E-state index in [4.69, 9.17) is 10.5 Å². The van der Waals surface area contributed by atoms with Crippen LogP contribution in [0.5, 0.6) is 5.75 Å². The van der Waals surface area contributed by atoms with Crippen LogP contribution in [0.15, 0.2) is 34.5 Å². The molecule has 0 saturated carbocycles. The lowest BCUT2D eigenvalue weighted by Crippen LogP contribution is -2.28. The van der Waals surface area contributed by atoms with Crippen molar-refractivity contribution >= 4 is 17.8 Å². The number of hydrogen-bond donors (Lipinski definition) is 2. The van der Waals surface area contributed by atoms with E-state index in [1.165, 1.54) is 7.05 Å². The van der Waals surface area contributed by atoms with E-state index in [9.17, 15) is 18.0 Å². The normalized spacial score (nSPS) is 13.2. The fourth-order valence-electron chi connectivity index (χ4n) is 1.85. The molecule has 1 aromatic carbocycles. The van der Waals surface area contributed by atoms with Gasteiger partial charge in [0.2, 0.25) is 0 Å². The average molecular weight is 343 g/mol. The molecule has 0 saturated heterocycles. The second kappa shape index (κ2) is 7.85. The number of alkyl halides is 3. The number of aliphatic imine (C=N–C) groups is 1. The van der Waals surface area contributed by atoms with Crippen LogP contribution in [0.2, 0.25) is 0 Å². The van der Waals surface area contributed by atoms with Gasteiger partial charge in [0, 0.05) is 24.5 Å². The van der Waals surface area contributed by atoms with Crippen LogP contribution in [0.1, 0.15) is 19.4 Å². The molecule has 0 heterocycles. The molecule has 0 spiro atoms. The maximum Gasteiger partial charge on any atom is 0.431 e. The van der Waals surface area contributed by atoms with Crippen molar-refractivity contribution < 1.29 is 22.7 Å². The lowest BCUT2D eigenvalue weighted by molar-refractivity contribution is -0.114. The molecule has 1 rings (SSSR count). The summed E-state index contributed by atoms with van der Waals surface area (Å²) < 4.78 is 43.9. The molecule has 0 aliphatic heterocycles. The molecule has 0 fully saturated rings. The van der Waals surface area contributed by atoms with Gasteiger partial charge in [0.1, 0.15) is 11.4 Å². The van der Waals surface area contributed by atoms with Crippen molar-refractivity contribution in [2.45, 2.75) is 33.1 Å². The Bertz CT molecular complexity index is 665. The Hall–Kier alpha value is -2.51. The first-order valence-corrected chi connectivity index (χ1v) is 7.14. The standard InChI is InChI=1S/C16H20F3N3O2/c1-9(2)24-13-7-5-6-12(10(13)3)22-15(23)11(8-21-4)14(20)16(17,18)19/h5-9H,20H2,1-4H3,(H,22,23). The summed E-state index contributed by atoms with van der Waals surface area (Å²) in [6, 6.07) is 4.90. The van der Waals surface area contributed by atoms with E-state index >= 15 is 0 Å². The van der Waals surface area contributed by atoms with Gasteiger partial charge in [-0.1, -0.05) is 6.07 Å². The zero-order valence-corrected chi connectivity index (χ0v) is 13.9. The van der Waals surface area contributed by atoms with Crippen LogP contribution in [0.25, 0.3) is 0 Å². The van der Waals surface area contributed by atoms with Crippen LogP contribution in [0.3, 0.4) is 0 Å². The molecule has 0 aromatic heterocycles. The number of benzene rings is 1. The molecule has 0 radical (unpaired) electrons. The van der Waals surface area contributed by atoms with Gasteiger partial charge >= 0.3 is 6.18 Å². The van der Waals surface area contributed by atoms with E-state index in [0.29, 0.717) is 17.0 Å². The Labute approximate surface area is 138 Å². The van der Waals surface area contributed by atoms with Crippen molar-refractivity contribution in [1.29, 1.82) is 0 Å². The Balaban J connectivity index is 3.18. The fraction of sp³-hybridized carbons (Fsp3) is 0.375. The van der Waals surface area contributed by atoms with Crippen molar-refractivity contribution in [3.8, 4) is 5.75 Å². The quantitative estimate of drug-likeness (QED) is 0.637. The summed E-state index contributed by atoms with van der Waals surface area (Å²) in [5, 5.41) is 2.41.